The van der Waals surface area contributed by atoms with Crippen LogP contribution in [0, 0.1) is 0 Å². The van der Waals surface area contributed by atoms with Gasteiger partial charge in [-0.25, -0.2) is 9.97 Å². The average molecular weight is 297 g/mol. The van der Waals surface area contributed by atoms with E-state index in [0.717, 1.165) is 29.1 Å². The fourth-order valence-electron chi connectivity index (χ4n) is 2.78. The summed E-state index contributed by atoms with van der Waals surface area (Å²) in [4.78, 5) is 8.69. The molecule has 21 heavy (non-hydrogen) atoms. The first-order valence-electron chi connectivity index (χ1n) is 7.03. The number of hydrogen-bond acceptors (Lipinski definition) is 5. The van der Waals surface area contributed by atoms with E-state index in [2.05, 4.69) is 39.6 Å². The van der Waals surface area contributed by atoms with Crippen LogP contribution < -0.4 is 5.32 Å². The maximum Gasteiger partial charge on any atom is 0.147 e. The minimum atomic E-state index is 0.0798. The van der Waals surface area contributed by atoms with Crippen molar-refractivity contribution >= 4 is 27.4 Å². The van der Waals surface area contributed by atoms with Crippen LogP contribution in [0.4, 0.5) is 5.82 Å². The van der Waals surface area contributed by atoms with Gasteiger partial charge in [0.2, 0.25) is 0 Å². The number of rotatable bonds is 3. The minimum absolute atomic E-state index is 0.0798. The third-order valence-electron chi connectivity index (χ3n) is 3.79. The molecule has 1 saturated heterocycles. The van der Waals surface area contributed by atoms with Crippen molar-refractivity contribution in [3.05, 3.63) is 53.7 Å². The fourth-order valence-corrected chi connectivity index (χ4v) is 3.57. The standard InChI is InChI=1S/C16H15N3OS/c1-2-4-11(5-3-1)14-12(6-8-20-14)19-16-15-13(7-9-21-15)17-10-18-16/h1-5,7,9-10,12,14H,6,8H2,(H,17,18,19)/t12-,14+/m1/s1. The van der Waals surface area contributed by atoms with E-state index >= 15 is 0 Å². The molecule has 0 aliphatic carbocycles. The van der Waals surface area contributed by atoms with E-state index in [1.807, 2.05) is 17.5 Å². The first-order chi connectivity index (χ1) is 10.4. The predicted molar refractivity (Wildman–Crippen MR) is 84.6 cm³/mol. The zero-order valence-corrected chi connectivity index (χ0v) is 12.2. The highest BCUT2D eigenvalue weighted by Gasteiger charge is 2.30. The number of aromatic nitrogens is 2. The Morgan fingerprint density at radius 3 is 2.95 bits per heavy atom. The lowest BCUT2D eigenvalue weighted by molar-refractivity contribution is 0.107. The van der Waals surface area contributed by atoms with Crippen LogP contribution in [0.2, 0.25) is 0 Å². The van der Waals surface area contributed by atoms with Gasteiger partial charge in [0.25, 0.3) is 0 Å². The number of hydrogen-bond donors (Lipinski definition) is 1. The second kappa shape index (κ2) is 5.42. The lowest BCUT2D eigenvalue weighted by Gasteiger charge is -2.20. The summed E-state index contributed by atoms with van der Waals surface area (Å²) in [6, 6.07) is 12.6. The highest BCUT2D eigenvalue weighted by atomic mass is 32.1. The van der Waals surface area contributed by atoms with Crippen LogP contribution in [0.1, 0.15) is 18.1 Å². The van der Waals surface area contributed by atoms with Gasteiger partial charge in [0.05, 0.1) is 16.3 Å². The molecule has 0 bridgehead atoms. The first-order valence-corrected chi connectivity index (χ1v) is 7.91. The third kappa shape index (κ3) is 2.39. The lowest BCUT2D eigenvalue weighted by Crippen LogP contribution is -2.23. The van der Waals surface area contributed by atoms with Crippen molar-refractivity contribution in [2.24, 2.45) is 0 Å². The Bertz CT molecular complexity index is 743. The number of nitrogens with zero attached hydrogens (tertiary/aromatic N) is 2. The molecule has 4 rings (SSSR count). The maximum absolute atomic E-state index is 5.91. The molecule has 1 N–H and O–H groups in total. The Labute approximate surface area is 126 Å². The topological polar surface area (TPSA) is 47.0 Å². The summed E-state index contributed by atoms with van der Waals surface area (Å²) in [7, 11) is 0. The van der Waals surface area contributed by atoms with Gasteiger partial charge in [0.15, 0.2) is 0 Å². The summed E-state index contributed by atoms with van der Waals surface area (Å²) in [5, 5.41) is 5.60. The van der Waals surface area contributed by atoms with Crippen LogP contribution in [-0.2, 0) is 4.74 Å². The average Bonchev–Trinajstić information content (AvgIpc) is 3.17. The zero-order chi connectivity index (χ0) is 14.1. The summed E-state index contributed by atoms with van der Waals surface area (Å²) < 4.78 is 7.02. The molecule has 4 nitrogen and oxygen atoms in total. The van der Waals surface area contributed by atoms with Crippen molar-refractivity contribution in [1.82, 2.24) is 9.97 Å². The second-order valence-electron chi connectivity index (χ2n) is 5.10. The molecule has 1 aliphatic rings. The van der Waals surface area contributed by atoms with Crippen molar-refractivity contribution in [2.75, 3.05) is 11.9 Å². The first kappa shape index (κ1) is 12.7. The number of benzene rings is 1. The van der Waals surface area contributed by atoms with Crippen molar-refractivity contribution in [2.45, 2.75) is 18.6 Å². The van der Waals surface area contributed by atoms with Crippen LogP contribution in [0.25, 0.3) is 10.2 Å². The van der Waals surface area contributed by atoms with E-state index in [1.54, 1.807) is 17.7 Å². The van der Waals surface area contributed by atoms with Gasteiger partial charge in [0.1, 0.15) is 18.2 Å². The highest BCUT2D eigenvalue weighted by molar-refractivity contribution is 7.17. The lowest BCUT2D eigenvalue weighted by atomic mass is 10.0. The number of ether oxygens (including phenoxy) is 1. The van der Waals surface area contributed by atoms with Crippen LogP contribution in [0.5, 0.6) is 0 Å². The maximum atomic E-state index is 5.91. The van der Waals surface area contributed by atoms with Gasteiger partial charge in [0, 0.05) is 6.61 Å². The summed E-state index contributed by atoms with van der Waals surface area (Å²) in [5.74, 6) is 0.909. The van der Waals surface area contributed by atoms with E-state index in [1.165, 1.54) is 5.56 Å². The van der Waals surface area contributed by atoms with Crippen LogP contribution in [-0.4, -0.2) is 22.6 Å². The molecule has 3 aromatic rings. The molecule has 0 amide bonds. The van der Waals surface area contributed by atoms with Crippen LogP contribution >= 0.6 is 11.3 Å². The second-order valence-corrected chi connectivity index (χ2v) is 6.01. The summed E-state index contributed by atoms with van der Waals surface area (Å²) in [6.07, 6.45) is 2.68. The fraction of sp³-hybridized carbons (Fsp3) is 0.250. The number of anilines is 1. The zero-order valence-electron chi connectivity index (χ0n) is 11.4. The molecule has 1 aliphatic heterocycles. The Morgan fingerprint density at radius 1 is 1.14 bits per heavy atom. The Morgan fingerprint density at radius 2 is 2.05 bits per heavy atom. The Kier molecular flexibility index (Phi) is 3.29. The molecule has 106 valence electrons. The van der Waals surface area contributed by atoms with Gasteiger partial charge in [-0.05, 0) is 23.4 Å². The summed E-state index contributed by atoms with van der Waals surface area (Å²) in [5.41, 5.74) is 2.21. The van der Waals surface area contributed by atoms with Gasteiger partial charge < -0.3 is 10.1 Å². The molecule has 2 aromatic heterocycles. The van der Waals surface area contributed by atoms with Crippen molar-refractivity contribution < 1.29 is 4.74 Å². The van der Waals surface area contributed by atoms with E-state index in [0.29, 0.717) is 0 Å². The number of thiophene rings is 1. The normalized spacial score (nSPS) is 21.7. The van der Waals surface area contributed by atoms with Gasteiger partial charge in [-0.1, -0.05) is 30.3 Å². The summed E-state index contributed by atoms with van der Waals surface area (Å²) in [6.45, 7) is 0.774. The molecule has 2 atom stereocenters. The van der Waals surface area contributed by atoms with Crippen LogP contribution in [0.3, 0.4) is 0 Å². The number of nitrogens with one attached hydrogen (secondary N) is 1. The molecule has 5 heteroatoms. The van der Waals surface area contributed by atoms with Crippen molar-refractivity contribution in [1.29, 1.82) is 0 Å². The summed E-state index contributed by atoms with van der Waals surface area (Å²) >= 11 is 1.67. The van der Waals surface area contributed by atoms with Crippen molar-refractivity contribution in [3.8, 4) is 0 Å². The monoisotopic (exact) mass is 297 g/mol. The molecule has 0 radical (unpaired) electrons. The largest absolute Gasteiger partial charge is 0.371 e. The Balaban J connectivity index is 1.63. The van der Waals surface area contributed by atoms with Gasteiger partial charge in [-0.2, -0.15) is 0 Å². The molecule has 0 saturated carbocycles. The molecule has 0 unspecified atom stereocenters. The third-order valence-corrected chi connectivity index (χ3v) is 4.70. The predicted octanol–water partition coefficient (Wildman–Crippen LogP) is 3.63. The van der Waals surface area contributed by atoms with Gasteiger partial charge >= 0.3 is 0 Å². The van der Waals surface area contributed by atoms with Gasteiger partial charge in [-0.15, -0.1) is 11.3 Å². The van der Waals surface area contributed by atoms with Crippen molar-refractivity contribution in [3.63, 3.8) is 0 Å². The van der Waals surface area contributed by atoms with Gasteiger partial charge in [-0.3, -0.25) is 0 Å². The quantitative estimate of drug-likeness (QED) is 0.802. The molecule has 0 spiro atoms. The molecule has 3 heterocycles. The molecular weight excluding hydrogens is 282 g/mol. The smallest absolute Gasteiger partial charge is 0.147 e. The van der Waals surface area contributed by atoms with E-state index in [9.17, 15) is 0 Å². The number of fused-ring (bicyclic) bond motifs is 1. The van der Waals surface area contributed by atoms with E-state index in [-0.39, 0.29) is 12.1 Å². The highest BCUT2D eigenvalue weighted by Crippen LogP contribution is 2.33. The van der Waals surface area contributed by atoms with E-state index in [4.69, 9.17) is 4.74 Å². The SMILES string of the molecule is c1ccc([C@@H]2OCC[C@H]2Nc2ncnc3ccsc23)cc1. The van der Waals surface area contributed by atoms with Crippen LogP contribution in [0.15, 0.2) is 48.1 Å². The van der Waals surface area contributed by atoms with E-state index < -0.39 is 0 Å². The molecule has 1 aromatic carbocycles. The Hall–Kier alpha value is -1.98. The minimum Gasteiger partial charge on any atom is -0.371 e. The molecule has 1 fully saturated rings. The molecular formula is C16H15N3OS.